The Morgan fingerprint density at radius 2 is 2.13 bits per heavy atom. The summed E-state index contributed by atoms with van der Waals surface area (Å²) in [5.74, 6) is 5.24. The van der Waals surface area contributed by atoms with E-state index in [0.29, 0.717) is 10.0 Å². The van der Waals surface area contributed by atoms with Gasteiger partial charge in [-0.1, -0.05) is 23.2 Å². The summed E-state index contributed by atoms with van der Waals surface area (Å²) in [5.41, 5.74) is 4.70. The fourth-order valence-electron chi connectivity index (χ4n) is 1.62. The van der Waals surface area contributed by atoms with Gasteiger partial charge in [-0.15, -0.1) is 0 Å². The van der Waals surface area contributed by atoms with Gasteiger partial charge in [-0.25, -0.2) is 0 Å². The maximum absolute atomic E-state index is 6.05. The Morgan fingerprint density at radius 1 is 1.33 bits per heavy atom. The first-order chi connectivity index (χ1) is 7.22. The summed E-state index contributed by atoms with van der Waals surface area (Å²) in [6.07, 6.45) is 2.78. The highest BCUT2D eigenvalue weighted by molar-refractivity contribution is 6.38. The predicted octanol–water partition coefficient (Wildman–Crippen LogP) is 2.48. The lowest BCUT2D eigenvalue weighted by Crippen LogP contribution is -2.24. The molecule has 1 aromatic heterocycles. The number of nitrogens with two attached hydrogens (primary N) is 1. The normalized spacial score (nSPS) is 11.1. The zero-order valence-corrected chi connectivity index (χ0v) is 9.49. The number of H-pyrrole nitrogens is 1. The molecule has 0 aliphatic rings. The van der Waals surface area contributed by atoms with Gasteiger partial charge in [0.25, 0.3) is 0 Å². The van der Waals surface area contributed by atoms with E-state index in [1.807, 2.05) is 12.3 Å². The second kappa shape index (κ2) is 4.41. The maximum atomic E-state index is 6.05. The van der Waals surface area contributed by atoms with Gasteiger partial charge in [-0.2, -0.15) is 0 Å². The van der Waals surface area contributed by atoms with Gasteiger partial charge >= 0.3 is 0 Å². The molecule has 5 heteroatoms. The smallest absolute Gasteiger partial charge is 0.0661 e. The van der Waals surface area contributed by atoms with E-state index >= 15 is 0 Å². The van der Waals surface area contributed by atoms with Crippen LogP contribution in [0, 0.1) is 0 Å². The van der Waals surface area contributed by atoms with Crippen molar-refractivity contribution in [1.82, 2.24) is 10.4 Å². The van der Waals surface area contributed by atoms with Gasteiger partial charge in [0.2, 0.25) is 0 Å². The first-order valence-corrected chi connectivity index (χ1v) is 5.36. The third kappa shape index (κ3) is 2.11. The molecular formula is C10H11Cl2N3. The zero-order valence-electron chi connectivity index (χ0n) is 7.98. The molecule has 0 aliphatic carbocycles. The lowest BCUT2D eigenvalue weighted by atomic mass is 10.1. The highest BCUT2D eigenvalue weighted by Gasteiger charge is 2.07. The Hall–Kier alpha value is -0.740. The monoisotopic (exact) mass is 243 g/mol. The molecular weight excluding hydrogens is 233 g/mol. The third-order valence-electron chi connectivity index (χ3n) is 2.33. The van der Waals surface area contributed by atoms with E-state index in [9.17, 15) is 0 Å². The van der Waals surface area contributed by atoms with Crippen molar-refractivity contribution in [2.24, 2.45) is 5.84 Å². The van der Waals surface area contributed by atoms with E-state index in [1.165, 1.54) is 0 Å². The SMILES string of the molecule is NNCCc1c[nH]c2c(Cl)cc(Cl)cc12. The largest absolute Gasteiger partial charge is 0.360 e. The molecule has 0 unspecified atom stereocenters. The van der Waals surface area contributed by atoms with Gasteiger partial charge in [0, 0.05) is 23.2 Å². The lowest BCUT2D eigenvalue weighted by Gasteiger charge is -2.00. The topological polar surface area (TPSA) is 53.8 Å². The molecule has 0 saturated heterocycles. The first kappa shape index (κ1) is 10.8. The fourth-order valence-corrected chi connectivity index (χ4v) is 2.17. The summed E-state index contributed by atoms with van der Waals surface area (Å²) in [6, 6.07) is 3.64. The van der Waals surface area contributed by atoms with Crippen LogP contribution in [0.15, 0.2) is 18.3 Å². The number of hydrazine groups is 1. The Balaban J connectivity index is 2.49. The van der Waals surface area contributed by atoms with Crippen molar-refractivity contribution in [3.63, 3.8) is 0 Å². The molecule has 0 fully saturated rings. The Labute approximate surface area is 97.5 Å². The van der Waals surface area contributed by atoms with Crippen LogP contribution in [-0.4, -0.2) is 11.5 Å². The molecule has 2 aromatic rings. The molecule has 3 nitrogen and oxygen atoms in total. The van der Waals surface area contributed by atoms with Crippen molar-refractivity contribution in [2.45, 2.75) is 6.42 Å². The molecule has 1 aromatic carbocycles. The predicted molar refractivity (Wildman–Crippen MR) is 64.2 cm³/mol. The molecule has 2 rings (SSSR count). The maximum Gasteiger partial charge on any atom is 0.0661 e. The molecule has 0 saturated carbocycles. The van der Waals surface area contributed by atoms with Crippen LogP contribution in [0.4, 0.5) is 0 Å². The number of benzene rings is 1. The standard InChI is InChI=1S/C10H11Cl2N3/c11-7-3-8-6(1-2-15-13)5-14-10(8)9(12)4-7/h3-5,14-15H,1-2,13H2. The van der Waals surface area contributed by atoms with Crippen LogP contribution < -0.4 is 11.3 Å². The highest BCUT2D eigenvalue weighted by atomic mass is 35.5. The minimum absolute atomic E-state index is 0.643. The van der Waals surface area contributed by atoms with Gasteiger partial charge in [0.1, 0.15) is 0 Å². The number of hydrogen-bond acceptors (Lipinski definition) is 2. The van der Waals surface area contributed by atoms with E-state index in [1.54, 1.807) is 6.07 Å². The van der Waals surface area contributed by atoms with Crippen molar-refractivity contribution >= 4 is 34.1 Å². The van der Waals surface area contributed by atoms with Gasteiger partial charge in [-0.3, -0.25) is 11.3 Å². The van der Waals surface area contributed by atoms with Crippen molar-refractivity contribution < 1.29 is 0 Å². The molecule has 0 radical (unpaired) electrons. The van der Waals surface area contributed by atoms with E-state index in [2.05, 4.69) is 10.4 Å². The van der Waals surface area contributed by atoms with E-state index in [0.717, 1.165) is 29.4 Å². The van der Waals surface area contributed by atoms with Crippen LogP contribution in [-0.2, 0) is 6.42 Å². The van der Waals surface area contributed by atoms with E-state index in [-0.39, 0.29) is 0 Å². The average molecular weight is 244 g/mol. The molecule has 0 aliphatic heterocycles. The number of aromatic nitrogens is 1. The van der Waals surface area contributed by atoms with Gasteiger partial charge in [0.15, 0.2) is 0 Å². The third-order valence-corrected chi connectivity index (χ3v) is 2.85. The van der Waals surface area contributed by atoms with Gasteiger partial charge < -0.3 is 4.98 Å². The van der Waals surface area contributed by atoms with E-state index in [4.69, 9.17) is 29.0 Å². The van der Waals surface area contributed by atoms with Crippen LogP contribution >= 0.6 is 23.2 Å². The molecule has 15 heavy (non-hydrogen) atoms. The van der Waals surface area contributed by atoms with Crippen molar-refractivity contribution in [3.05, 3.63) is 33.9 Å². The second-order valence-electron chi connectivity index (χ2n) is 3.33. The summed E-state index contributed by atoms with van der Waals surface area (Å²) in [5, 5.41) is 2.35. The van der Waals surface area contributed by atoms with Crippen LogP contribution in [0.2, 0.25) is 10.0 Å². The second-order valence-corrected chi connectivity index (χ2v) is 4.17. The zero-order chi connectivity index (χ0) is 10.8. The molecule has 0 amide bonds. The average Bonchev–Trinajstić information content (AvgIpc) is 2.58. The lowest BCUT2D eigenvalue weighted by molar-refractivity contribution is 0.730. The molecule has 0 bridgehead atoms. The summed E-state index contributed by atoms with van der Waals surface area (Å²) < 4.78 is 0. The van der Waals surface area contributed by atoms with Crippen LogP contribution in [0.25, 0.3) is 10.9 Å². The minimum Gasteiger partial charge on any atom is -0.360 e. The number of rotatable bonds is 3. The fraction of sp³-hybridized carbons (Fsp3) is 0.200. The quantitative estimate of drug-likeness (QED) is 0.573. The minimum atomic E-state index is 0.643. The summed E-state index contributed by atoms with van der Waals surface area (Å²) in [6.45, 7) is 0.719. The summed E-state index contributed by atoms with van der Waals surface area (Å²) >= 11 is 12.0. The molecule has 0 atom stereocenters. The highest BCUT2D eigenvalue weighted by Crippen LogP contribution is 2.29. The van der Waals surface area contributed by atoms with Gasteiger partial charge in [-0.05, 0) is 24.1 Å². The van der Waals surface area contributed by atoms with Crippen LogP contribution in [0.5, 0.6) is 0 Å². The van der Waals surface area contributed by atoms with Crippen molar-refractivity contribution in [3.8, 4) is 0 Å². The number of nitrogens with one attached hydrogen (secondary N) is 2. The number of halogens is 2. The summed E-state index contributed by atoms with van der Waals surface area (Å²) in [7, 11) is 0. The molecule has 4 N–H and O–H groups in total. The van der Waals surface area contributed by atoms with Crippen molar-refractivity contribution in [2.75, 3.05) is 6.54 Å². The first-order valence-electron chi connectivity index (χ1n) is 4.61. The number of aromatic amines is 1. The molecule has 0 spiro atoms. The number of hydrogen-bond donors (Lipinski definition) is 3. The van der Waals surface area contributed by atoms with Crippen molar-refractivity contribution in [1.29, 1.82) is 0 Å². The Bertz CT molecular complexity index is 479. The molecule has 1 heterocycles. The van der Waals surface area contributed by atoms with Gasteiger partial charge in [0.05, 0.1) is 10.5 Å². The Kier molecular flexibility index (Phi) is 3.17. The van der Waals surface area contributed by atoms with Crippen LogP contribution in [0.1, 0.15) is 5.56 Å². The Morgan fingerprint density at radius 3 is 2.87 bits per heavy atom. The van der Waals surface area contributed by atoms with E-state index < -0.39 is 0 Å². The molecule has 80 valence electrons. The summed E-state index contributed by atoms with van der Waals surface area (Å²) in [4.78, 5) is 3.13. The van der Waals surface area contributed by atoms with Crippen LogP contribution in [0.3, 0.4) is 0 Å². The number of fused-ring (bicyclic) bond motifs is 1.